The molecule has 2 rings (SSSR count). The van der Waals surface area contributed by atoms with Crippen LogP contribution in [0.25, 0.3) is 0 Å². The summed E-state index contributed by atoms with van der Waals surface area (Å²) in [5, 5.41) is 15.0. The predicted molar refractivity (Wildman–Crippen MR) is 65.7 cm³/mol. The molecule has 20 heavy (non-hydrogen) atoms. The summed E-state index contributed by atoms with van der Waals surface area (Å²) >= 11 is 0. The zero-order valence-electron chi connectivity index (χ0n) is 10.5. The first-order valence-electron chi connectivity index (χ1n) is 5.58. The Bertz CT molecular complexity index is 704. The first kappa shape index (κ1) is 14.2. The third-order valence-electron chi connectivity index (χ3n) is 2.49. The van der Waals surface area contributed by atoms with Gasteiger partial charge in [0.15, 0.2) is 0 Å². The first-order chi connectivity index (χ1) is 9.40. The van der Waals surface area contributed by atoms with Crippen molar-refractivity contribution in [1.82, 2.24) is 19.9 Å². The van der Waals surface area contributed by atoms with Crippen LogP contribution < -0.4 is 4.72 Å². The molecule has 2 heterocycles. The zero-order chi connectivity index (χ0) is 14.8. The van der Waals surface area contributed by atoms with Crippen LogP contribution in [0, 0.1) is 6.92 Å². The van der Waals surface area contributed by atoms with E-state index in [1.165, 1.54) is 13.3 Å². The first-order valence-corrected chi connectivity index (χ1v) is 7.06. The molecule has 108 valence electrons. The number of aromatic carboxylic acids is 1. The standard InChI is InChI=1S/C10H12N4O5S/c1-6-8(4-7(19-6)10(15)16)20(17,18)13-3-2-9-11-5-12-14-9/h4-5,13H,2-3H2,1H3,(H,15,16)(H,11,12,14). The maximum Gasteiger partial charge on any atom is 0.371 e. The van der Waals surface area contributed by atoms with E-state index >= 15 is 0 Å². The highest BCUT2D eigenvalue weighted by Crippen LogP contribution is 2.19. The fourth-order valence-electron chi connectivity index (χ4n) is 1.57. The topological polar surface area (TPSA) is 138 Å². The van der Waals surface area contributed by atoms with Gasteiger partial charge in [0.05, 0.1) is 0 Å². The number of nitrogens with one attached hydrogen (secondary N) is 2. The molecule has 0 radical (unpaired) electrons. The Morgan fingerprint density at radius 3 is 2.85 bits per heavy atom. The van der Waals surface area contributed by atoms with Gasteiger partial charge in [-0.3, -0.25) is 5.10 Å². The Morgan fingerprint density at radius 1 is 1.55 bits per heavy atom. The van der Waals surface area contributed by atoms with Gasteiger partial charge in [0.1, 0.15) is 22.8 Å². The molecule has 0 atom stereocenters. The molecule has 2 aromatic heterocycles. The van der Waals surface area contributed by atoms with Crippen LogP contribution >= 0.6 is 0 Å². The van der Waals surface area contributed by atoms with Gasteiger partial charge >= 0.3 is 5.97 Å². The van der Waals surface area contributed by atoms with Crippen LogP contribution in [0.4, 0.5) is 0 Å². The summed E-state index contributed by atoms with van der Waals surface area (Å²) in [6.45, 7) is 1.49. The summed E-state index contributed by atoms with van der Waals surface area (Å²) < 4.78 is 31.2. The van der Waals surface area contributed by atoms with Crippen LogP contribution in [-0.4, -0.2) is 41.2 Å². The number of aryl methyl sites for hydroxylation is 1. The highest BCUT2D eigenvalue weighted by atomic mass is 32.2. The van der Waals surface area contributed by atoms with Crippen LogP contribution in [0.2, 0.25) is 0 Å². The second kappa shape index (κ2) is 5.43. The number of hydrogen-bond acceptors (Lipinski definition) is 6. The van der Waals surface area contributed by atoms with Gasteiger partial charge in [-0.1, -0.05) is 0 Å². The molecule has 0 aliphatic carbocycles. The van der Waals surface area contributed by atoms with E-state index in [2.05, 4.69) is 19.9 Å². The number of carboxylic acid groups (broad SMARTS) is 1. The van der Waals surface area contributed by atoms with Gasteiger partial charge in [0.25, 0.3) is 0 Å². The zero-order valence-corrected chi connectivity index (χ0v) is 11.3. The number of carboxylic acids is 1. The highest BCUT2D eigenvalue weighted by molar-refractivity contribution is 7.89. The van der Waals surface area contributed by atoms with Crippen molar-refractivity contribution in [3.8, 4) is 0 Å². The van der Waals surface area contributed by atoms with E-state index in [9.17, 15) is 13.2 Å². The van der Waals surface area contributed by atoms with E-state index < -0.39 is 21.8 Å². The molecule has 0 aliphatic heterocycles. The van der Waals surface area contributed by atoms with Gasteiger partial charge in [-0.25, -0.2) is 22.9 Å². The highest BCUT2D eigenvalue weighted by Gasteiger charge is 2.23. The van der Waals surface area contributed by atoms with Crippen molar-refractivity contribution in [2.75, 3.05) is 6.54 Å². The number of hydrogen-bond donors (Lipinski definition) is 3. The molecule has 0 aromatic carbocycles. The van der Waals surface area contributed by atoms with E-state index in [4.69, 9.17) is 9.52 Å². The molecule has 0 saturated carbocycles. The Kier molecular flexibility index (Phi) is 3.86. The number of H-pyrrole nitrogens is 1. The quantitative estimate of drug-likeness (QED) is 0.678. The van der Waals surface area contributed by atoms with Gasteiger partial charge < -0.3 is 9.52 Å². The monoisotopic (exact) mass is 300 g/mol. The minimum atomic E-state index is -3.83. The molecule has 0 bridgehead atoms. The van der Waals surface area contributed by atoms with Gasteiger partial charge in [-0.05, 0) is 6.92 Å². The van der Waals surface area contributed by atoms with Crippen molar-refractivity contribution in [1.29, 1.82) is 0 Å². The minimum Gasteiger partial charge on any atom is -0.475 e. The number of nitrogens with zero attached hydrogens (tertiary/aromatic N) is 2. The van der Waals surface area contributed by atoms with E-state index in [0.717, 1.165) is 6.07 Å². The third kappa shape index (κ3) is 3.03. The summed E-state index contributed by atoms with van der Waals surface area (Å²) in [6.07, 6.45) is 1.66. The number of furan rings is 1. The maximum atomic E-state index is 12.0. The lowest BCUT2D eigenvalue weighted by molar-refractivity contribution is 0.0661. The second-order valence-corrected chi connectivity index (χ2v) is 5.65. The Morgan fingerprint density at radius 2 is 2.30 bits per heavy atom. The molecule has 9 nitrogen and oxygen atoms in total. The molecule has 3 N–H and O–H groups in total. The van der Waals surface area contributed by atoms with E-state index in [1.54, 1.807) is 0 Å². The van der Waals surface area contributed by atoms with Crippen LogP contribution in [0.1, 0.15) is 22.1 Å². The third-order valence-corrected chi connectivity index (χ3v) is 4.06. The van der Waals surface area contributed by atoms with E-state index in [0.29, 0.717) is 12.2 Å². The minimum absolute atomic E-state index is 0.0227. The summed E-state index contributed by atoms with van der Waals surface area (Å²) in [5.41, 5.74) is 0. The molecule has 0 fully saturated rings. The summed E-state index contributed by atoms with van der Waals surface area (Å²) in [6, 6.07) is 0.981. The van der Waals surface area contributed by atoms with Crippen molar-refractivity contribution in [2.45, 2.75) is 18.2 Å². The molecule has 0 amide bonds. The molecule has 0 aliphatic rings. The molecule has 0 spiro atoms. The molecule has 2 aromatic rings. The van der Waals surface area contributed by atoms with E-state index in [1.807, 2.05) is 0 Å². The van der Waals surface area contributed by atoms with Crippen molar-refractivity contribution in [2.24, 2.45) is 0 Å². The lowest BCUT2D eigenvalue weighted by Gasteiger charge is -2.03. The molecule has 0 saturated heterocycles. The van der Waals surface area contributed by atoms with Crippen LogP contribution in [-0.2, 0) is 16.4 Å². The van der Waals surface area contributed by atoms with Crippen LogP contribution in [0.5, 0.6) is 0 Å². The number of sulfonamides is 1. The summed E-state index contributed by atoms with van der Waals surface area (Å²) in [7, 11) is -3.83. The predicted octanol–water partition coefficient (Wildman–Crippen LogP) is -0.0747. The largest absolute Gasteiger partial charge is 0.475 e. The normalized spacial score (nSPS) is 11.7. The number of aromatic amines is 1. The van der Waals surface area contributed by atoms with E-state index in [-0.39, 0.29) is 17.2 Å². The summed E-state index contributed by atoms with van der Waals surface area (Å²) in [4.78, 5) is 14.4. The lowest BCUT2D eigenvalue weighted by Crippen LogP contribution is -2.26. The summed E-state index contributed by atoms with van der Waals surface area (Å²) in [5.74, 6) is -1.17. The Balaban J connectivity index is 2.08. The number of rotatable bonds is 6. The Hall–Kier alpha value is -2.20. The van der Waals surface area contributed by atoms with Crippen molar-refractivity contribution in [3.63, 3.8) is 0 Å². The maximum absolute atomic E-state index is 12.0. The van der Waals surface area contributed by atoms with Crippen molar-refractivity contribution < 1.29 is 22.7 Å². The molecule has 0 unspecified atom stereocenters. The molecular formula is C10H12N4O5S. The fraction of sp³-hybridized carbons (Fsp3) is 0.300. The molecule has 10 heteroatoms. The average Bonchev–Trinajstić information content (AvgIpc) is 2.98. The number of aromatic nitrogens is 3. The molecular weight excluding hydrogens is 288 g/mol. The van der Waals surface area contributed by atoms with Gasteiger partial charge in [-0.2, -0.15) is 5.10 Å². The SMILES string of the molecule is Cc1oc(C(=O)O)cc1S(=O)(=O)NCCc1ncn[nH]1. The number of carbonyl (C=O) groups is 1. The second-order valence-electron chi connectivity index (χ2n) is 3.92. The van der Waals surface area contributed by atoms with Crippen molar-refractivity contribution >= 4 is 16.0 Å². The van der Waals surface area contributed by atoms with Gasteiger partial charge in [0, 0.05) is 19.0 Å². The average molecular weight is 300 g/mol. The van der Waals surface area contributed by atoms with Gasteiger partial charge in [0.2, 0.25) is 15.8 Å². The van der Waals surface area contributed by atoms with Crippen LogP contribution in [0.3, 0.4) is 0 Å². The fourth-order valence-corrected chi connectivity index (χ4v) is 2.78. The lowest BCUT2D eigenvalue weighted by atomic mass is 10.4. The van der Waals surface area contributed by atoms with Gasteiger partial charge in [-0.15, -0.1) is 0 Å². The Labute approximate surface area is 114 Å². The van der Waals surface area contributed by atoms with Crippen molar-refractivity contribution in [3.05, 3.63) is 29.7 Å². The van der Waals surface area contributed by atoms with Crippen LogP contribution in [0.15, 0.2) is 21.7 Å². The smallest absolute Gasteiger partial charge is 0.371 e.